The Morgan fingerprint density at radius 3 is 2.57 bits per heavy atom. The largest absolute Gasteiger partial charge is 0.341 e. The Bertz CT molecular complexity index is 496. The molecule has 21 heavy (non-hydrogen) atoms. The van der Waals surface area contributed by atoms with Gasteiger partial charge in [-0.1, -0.05) is 13.3 Å². The molecular formula is C16H26ClN3O. The van der Waals surface area contributed by atoms with Crippen molar-refractivity contribution < 1.29 is 4.79 Å². The first-order valence-electron chi connectivity index (χ1n) is 7.78. The van der Waals surface area contributed by atoms with Gasteiger partial charge in [-0.05, 0) is 45.6 Å². The van der Waals surface area contributed by atoms with Crippen molar-refractivity contribution in [2.75, 3.05) is 13.1 Å². The molecule has 1 aliphatic rings. The highest BCUT2D eigenvalue weighted by Gasteiger charge is 2.37. The van der Waals surface area contributed by atoms with Crippen molar-refractivity contribution in [3.8, 4) is 0 Å². The molecule has 1 fully saturated rings. The third-order valence-electron chi connectivity index (χ3n) is 4.36. The molecule has 0 spiro atoms. The molecule has 4 nitrogen and oxygen atoms in total. The zero-order chi connectivity index (χ0) is 15.7. The first-order valence-corrected chi connectivity index (χ1v) is 8.16. The van der Waals surface area contributed by atoms with Gasteiger partial charge in [0.25, 0.3) is 0 Å². The number of likely N-dealkylation sites (tertiary alicyclic amines) is 1. The van der Waals surface area contributed by atoms with Crippen molar-refractivity contribution in [2.45, 2.75) is 63.8 Å². The van der Waals surface area contributed by atoms with E-state index >= 15 is 0 Å². The lowest BCUT2D eigenvalue weighted by Crippen LogP contribution is -2.50. The number of nitrogens with zero attached hydrogens (tertiary/aromatic N) is 3. The van der Waals surface area contributed by atoms with E-state index in [0.717, 1.165) is 38.8 Å². The van der Waals surface area contributed by atoms with Crippen molar-refractivity contribution in [1.82, 2.24) is 14.7 Å². The topological polar surface area (TPSA) is 38.1 Å². The van der Waals surface area contributed by atoms with E-state index in [1.807, 2.05) is 11.1 Å². The highest BCUT2D eigenvalue weighted by molar-refractivity contribution is 6.34. The van der Waals surface area contributed by atoms with Crippen LogP contribution in [0.1, 0.15) is 52.5 Å². The van der Waals surface area contributed by atoms with E-state index in [-0.39, 0.29) is 11.4 Å². The van der Waals surface area contributed by atoms with E-state index in [0.29, 0.717) is 0 Å². The van der Waals surface area contributed by atoms with E-state index in [2.05, 4.69) is 29.8 Å². The van der Waals surface area contributed by atoms with E-state index in [1.165, 1.54) is 5.56 Å². The Labute approximate surface area is 132 Å². The van der Waals surface area contributed by atoms with Crippen LogP contribution in [0.15, 0.2) is 12.4 Å². The van der Waals surface area contributed by atoms with Crippen molar-refractivity contribution in [3.63, 3.8) is 0 Å². The summed E-state index contributed by atoms with van der Waals surface area (Å²) in [6.07, 6.45) is 8.16. The number of amides is 1. The van der Waals surface area contributed by atoms with Gasteiger partial charge in [0.2, 0.25) is 5.91 Å². The van der Waals surface area contributed by atoms with E-state index in [1.54, 1.807) is 13.8 Å². The lowest BCUT2D eigenvalue weighted by molar-refractivity contribution is -0.135. The molecule has 0 unspecified atom stereocenters. The number of hydrogen-bond acceptors (Lipinski definition) is 2. The second kappa shape index (κ2) is 5.99. The number of carbonyl (C=O) groups is 1. The number of halogens is 1. The highest BCUT2D eigenvalue weighted by atomic mass is 35.5. The molecule has 0 saturated carbocycles. The summed E-state index contributed by atoms with van der Waals surface area (Å²) < 4.78 is 2.09. The summed E-state index contributed by atoms with van der Waals surface area (Å²) in [5, 5.41) is 4.54. The molecule has 0 atom stereocenters. The summed E-state index contributed by atoms with van der Waals surface area (Å²) in [5.41, 5.74) is 1.29. The van der Waals surface area contributed by atoms with Crippen LogP contribution in [0.2, 0.25) is 0 Å². The molecule has 0 radical (unpaired) electrons. The third kappa shape index (κ3) is 3.60. The van der Waals surface area contributed by atoms with E-state index in [4.69, 9.17) is 11.6 Å². The summed E-state index contributed by atoms with van der Waals surface area (Å²) >= 11 is 6.13. The fraction of sp³-hybridized carbons (Fsp3) is 0.750. The Hall–Kier alpha value is -1.03. The molecule has 1 aliphatic heterocycles. The summed E-state index contributed by atoms with van der Waals surface area (Å²) in [6.45, 7) is 9.41. The number of piperidine rings is 1. The second-order valence-electron chi connectivity index (χ2n) is 6.80. The summed E-state index contributed by atoms with van der Waals surface area (Å²) in [7, 11) is 0. The van der Waals surface area contributed by atoms with Crippen molar-refractivity contribution in [2.24, 2.45) is 0 Å². The van der Waals surface area contributed by atoms with Gasteiger partial charge in [-0.15, -0.1) is 11.6 Å². The normalized spacial score (nSPS) is 18.8. The standard InChI is InChI=1S/C16H26ClN3O/c1-5-6-13-11-18-20(12-13)16(4)7-9-19(10-8-16)14(21)15(2,3)17/h11-12H,5-10H2,1-4H3. The molecule has 118 valence electrons. The molecule has 1 saturated heterocycles. The zero-order valence-corrected chi connectivity index (χ0v) is 14.3. The number of hydrogen-bond donors (Lipinski definition) is 0. The molecule has 2 heterocycles. The first-order chi connectivity index (χ1) is 9.76. The monoisotopic (exact) mass is 311 g/mol. The Morgan fingerprint density at radius 1 is 1.43 bits per heavy atom. The summed E-state index contributed by atoms with van der Waals surface area (Å²) in [4.78, 5) is 13.3. The molecule has 0 N–H and O–H groups in total. The van der Waals surface area contributed by atoms with Crippen LogP contribution in [-0.2, 0) is 16.8 Å². The minimum Gasteiger partial charge on any atom is -0.341 e. The molecule has 1 amide bonds. The van der Waals surface area contributed by atoms with Crippen LogP contribution in [0, 0.1) is 0 Å². The van der Waals surface area contributed by atoms with Crippen LogP contribution >= 0.6 is 11.6 Å². The second-order valence-corrected chi connectivity index (χ2v) is 7.75. The minimum absolute atomic E-state index is 0.000767. The molecule has 2 rings (SSSR count). The fourth-order valence-corrected chi connectivity index (χ4v) is 2.99. The first kappa shape index (κ1) is 16.3. The van der Waals surface area contributed by atoms with Crippen molar-refractivity contribution in [3.05, 3.63) is 18.0 Å². The van der Waals surface area contributed by atoms with E-state index in [9.17, 15) is 4.79 Å². The molecule has 1 aromatic rings. The fourth-order valence-electron chi connectivity index (χ4n) is 2.87. The van der Waals surface area contributed by atoms with Gasteiger partial charge in [0, 0.05) is 19.3 Å². The third-order valence-corrected chi connectivity index (χ3v) is 4.53. The average molecular weight is 312 g/mol. The molecular weight excluding hydrogens is 286 g/mol. The van der Waals surface area contributed by atoms with Crippen LogP contribution in [0.3, 0.4) is 0 Å². The maximum atomic E-state index is 12.2. The molecule has 0 aliphatic carbocycles. The van der Waals surface area contributed by atoms with Crippen LogP contribution in [0.25, 0.3) is 0 Å². The summed E-state index contributed by atoms with van der Waals surface area (Å²) in [6, 6.07) is 0. The predicted octanol–water partition coefficient (Wildman–Crippen LogP) is 3.19. The van der Waals surface area contributed by atoms with Gasteiger partial charge in [-0.25, -0.2) is 0 Å². The zero-order valence-electron chi connectivity index (χ0n) is 13.5. The van der Waals surface area contributed by atoms with Crippen molar-refractivity contribution in [1.29, 1.82) is 0 Å². The predicted molar refractivity (Wildman–Crippen MR) is 85.6 cm³/mol. The number of carbonyl (C=O) groups excluding carboxylic acids is 1. The maximum Gasteiger partial charge on any atom is 0.243 e. The van der Waals surface area contributed by atoms with Gasteiger partial charge in [0.15, 0.2) is 0 Å². The molecule has 0 bridgehead atoms. The number of aryl methyl sites for hydroxylation is 1. The van der Waals surface area contributed by atoms with Gasteiger partial charge in [-0.2, -0.15) is 5.10 Å². The van der Waals surface area contributed by atoms with Crippen LogP contribution in [-0.4, -0.2) is 38.6 Å². The lowest BCUT2D eigenvalue weighted by atomic mass is 9.89. The van der Waals surface area contributed by atoms with Crippen LogP contribution in [0.4, 0.5) is 0 Å². The van der Waals surface area contributed by atoms with Gasteiger partial charge in [0.1, 0.15) is 4.87 Å². The van der Waals surface area contributed by atoms with Gasteiger partial charge < -0.3 is 4.90 Å². The van der Waals surface area contributed by atoms with Crippen LogP contribution < -0.4 is 0 Å². The van der Waals surface area contributed by atoms with Crippen molar-refractivity contribution >= 4 is 17.5 Å². The Morgan fingerprint density at radius 2 is 2.05 bits per heavy atom. The summed E-state index contributed by atoms with van der Waals surface area (Å²) in [5.74, 6) is 0.0263. The molecule has 1 aromatic heterocycles. The van der Waals surface area contributed by atoms with Crippen LogP contribution in [0.5, 0.6) is 0 Å². The van der Waals surface area contributed by atoms with Gasteiger partial charge in [0.05, 0.1) is 11.7 Å². The minimum atomic E-state index is -0.812. The Kier molecular flexibility index (Phi) is 4.66. The SMILES string of the molecule is CCCc1cnn(C2(C)CCN(C(=O)C(C)(C)Cl)CC2)c1. The molecule has 5 heteroatoms. The molecule has 0 aromatic carbocycles. The quantitative estimate of drug-likeness (QED) is 0.801. The van der Waals surface area contributed by atoms with Gasteiger partial charge in [-0.3, -0.25) is 9.48 Å². The number of alkyl halides is 1. The lowest BCUT2D eigenvalue weighted by Gasteiger charge is -2.41. The highest BCUT2D eigenvalue weighted by Crippen LogP contribution is 2.31. The van der Waals surface area contributed by atoms with E-state index < -0.39 is 4.87 Å². The van der Waals surface area contributed by atoms with Gasteiger partial charge >= 0.3 is 0 Å². The smallest absolute Gasteiger partial charge is 0.243 e. The number of rotatable bonds is 4. The average Bonchev–Trinajstić information content (AvgIpc) is 2.88. The number of aromatic nitrogens is 2. The Balaban J connectivity index is 2.03. The maximum absolute atomic E-state index is 12.2.